The van der Waals surface area contributed by atoms with Crippen molar-refractivity contribution in [2.75, 3.05) is 0 Å². The second-order valence-corrected chi connectivity index (χ2v) is 2.90. The Balaban J connectivity index is 3.39. The monoisotopic (exact) mass is 216 g/mol. The number of hydrogen-bond acceptors (Lipinski definition) is 4. The molecule has 0 atom stereocenters. The van der Waals surface area contributed by atoms with Crippen molar-refractivity contribution in [2.45, 2.75) is 0 Å². The van der Waals surface area contributed by atoms with Crippen LogP contribution in [0.4, 0.5) is 4.39 Å². The van der Waals surface area contributed by atoms with Crippen molar-refractivity contribution in [1.29, 1.82) is 10.5 Å². The van der Waals surface area contributed by atoms with Gasteiger partial charge < -0.3 is 10.0 Å². The van der Waals surface area contributed by atoms with E-state index in [2.05, 4.69) is 0 Å². The van der Waals surface area contributed by atoms with E-state index in [1.165, 1.54) is 12.1 Å². The number of allylic oxidation sites excluding steroid dienone is 1. The summed E-state index contributed by atoms with van der Waals surface area (Å²) in [5.41, 5.74) is -0.578. The minimum atomic E-state index is -1.86. The lowest BCUT2D eigenvalue weighted by molar-refractivity contribution is 0.425. The fourth-order valence-corrected chi connectivity index (χ4v) is 1.17. The number of hydrogen-bond donors (Lipinski definition) is 2. The zero-order valence-corrected chi connectivity index (χ0v) is 8.05. The van der Waals surface area contributed by atoms with E-state index in [4.69, 9.17) is 20.6 Å². The maximum atomic E-state index is 13.4. The van der Waals surface area contributed by atoms with Crippen LogP contribution >= 0.6 is 0 Å². The Morgan fingerprint density at radius 3 is 2.44 bits per heavy atom. The van der Waals surface area contributed by atoms with E-state index in [9.17, 15) is 4.39 Å². The summed E-state index contributed by atoms with van der Waals surface area (Å²) in [5, 5.41) is 35.0. The molecule has 0 fully saturated rings. The minimum Gasteiger partial charge on any atom is -0.423 e. The molecule has 0 aliphatic rings. The van der Waals surface area contributed by atoms with Gasteiger partial charge in [-0.1, -0.05) is 12.1 Å². The molecule has 78 valence electrons. The van der Waals surface area contributed by atoms with Crippen molar-refractivity contribution in [3.63, 3.8) is 0 Å². The molecule has 1 aromatic carbocycles. The summed E-state index contributed by atoms with van der Waals surface area (Å²) < 4.78 is 13.4. The van der Waals surface area contributed by atoms with Gasteiger partial charge in [0.1, 0.15) is 23.5 Å². The van der Waals surface area contributed by atoms with Crippen molar-refractivity contribution in [2.24, 2.45) is 0 Å². The zero-order valence-electron chi connectivity index (χ0n) is 8.05. The third-order valence-corrected chi connectivity index (χ3v) is 1.89. The highest BCUT2D eigenvalue weighted by Crippen LogP contribution is 2.09. The quantitative estimate of drug-likeness (QED) is 0.535. The molecule has 2 N–H and O–H groups in total. The van der Waals surface area contributed by atoms with Gasteiger partial charge in [-0.15, -0.1) is 0 Å². The third-order valence-electron chi connectivity index (χ3n) is 1.89. The summed E-state index contributed by atoms with van der Waals surface area (Å²) in [6.07, 6.45) is 0.976. The molecular weight excluding hydrogens is 210 g/mol. The first kappa shape index (κ1) is 11.9. The number of nitriles is 2. The van der Waals surface area contributed by atoms with Gasteiger partial charge in [0.25, 0.3) is 0 Å². The smallest absolute Gasteiger partial charge is 0.423 e. The summed E-state index contributed by atoms with van der Waals surface area (Å²) >= 11 is 0. The molecule has 0 saturated heterocycles. The lowest BCUT2D eigenvalue weighted by Crippen LogP contribution is -2.32. The highest BCUT2D eigenvalue weighted by molar-refractivity contribution is 6.59. The first-order chi connectivity index (χ1) is 7.60. The Hall–Kier alpha value is -2.15. The van der Waals surface area contributed by atoms with Crippen molar-refractivity contribution in [3.8, 4) is 12.1 Å². The van der Waals surface area contributed by atoms with Crippen LogP contribution in [0.25, 0.3) is 6.08 Å². The highest BCUT2D eigenvalue weighted by atomic mass is 19.1. The summed E-state index contributed by atoms with van der Waals surface area (Å²) in [6, 6.07) is 6.83. The van der Waals surface area contributed by atoms with Crippen LogP contribution in [0.15, 0.2) is 23.8 Å². The molecule has 1 aromatic rings. The van der Waals surface area contributed by atoms with E-state index in [1.807, 2.05) is 0 Å². The molecule has 16 heavy (non-hydrogen) atoms. The van der Waals surface area contributed by atoms with Gasteiger partial charge in [0.2, 0.25) is 0 Å². The topological polar surface area (TPSA) is 88.0 Å². The van der Waals surface area contributed by atoms with Gasteiger partial charge in [-0.2, -0.15) is 10.5 Å². The minimum absolute atomic E-state index is 0.0944. The molecule has 4 nitrogen and oxygen atoms in total. The van der Waals surface area contributed by atoms with E-state index in [0.29, 0.717) is 0 Å². The van der Waals surface area contributed by atoms with Crippen LogP contribution in [-0.2, 0) is 0 Å². The molecule has 1 rings (SSSR count). The number of halogens is 1. The third kappa shape index (κ3) is 2.45. The van der Waals surface area contributed by atoms with Crippen LogP contribution in [0.3, 0.4) is 0 Å². The molecule has 0 aliphatic carbocycles. The van der Waals surface area contributed by atoms with Crippen molar-refractivity contribution >= 4 is 18.7 Å². The molecule has 0 radical (unpaired) electrons. The first-order valence-electron chi connectivity index (χ1n) is 4.26. The summed E-state index contributed by atoms with van der Waals surface area (Å²) in [4.78, 5) is 0. The normalized spacial score (nSPS) is 8.81. The fraction of sp³-hybridized carbons (Fsp3) is 0. The fourth-order valence-electron chi connectivity index (χ4n) is 1.17. The SMILES string of the molecule is N#CC(C#N)=Cc1c(F)cccc1B(O)O. The molecule has 6 heteroatoms. The maximum Gasteiger partial charge on any atom is 0.489 e. The lowest BCUT2D eigenvalue weighted by atomic mass is 9.76. The maximum absolute atomic E-state index is 13.4. The lowest BCUT2D eigenvalue weighted by Gasteiger charge is -2.05. The van der Waals surface area contributed by atoms with Crippen LogP contribution < -0.4 is 5.46 Å². The predicted molar refractivity (Wildman–Crippen MR) is 55.4 cm³/mol. The molecule has 0 heterocycles. The molecule has 0 unspecified atom stereocenters. The summed E-state index contributed by atoms with van der Waals surface area (Å²) in [5.74, 6) is -0.728. The molecule has 0 aliphatic heterocycles. The Morgan fingerprint density at radius 1 is 1.31 bits per heavy atom. The highest BCUT2D eigenvalue weighted by Gasteiger charge is 2.17. The number of benzene rings is 1. The van der Waals surface area contributed by atoms with Gasteiger partial charge in [-0.25, -0.2) is 4.39 Å². The van der Waals surface area contributed by atoms with Crippen LogP contribution in [0.5, 0.6) is 0 Å². The van der Waals surface area contributed by atoms with Crippen LogP contribution in [0.2, 0.25) is 0 Å². The van der Waals surface area contributed by atoms with E-state index in [1.54, 1.807) is 12.1 Å². The summed E-state index contributed by atoms with van der Waals surface area (Å²) in [6.45, 7) is 0. The van der Waals surface area contributed by atoms with Crippen LogP contribution in [0.1, 0.15) is 5.56 Å². The van der Waals surface area contributed by atoms with Gasteiger partial charge in [-0.05, 0) is 17.6 Å². The van der Waals surface area contributed by atoms with Gasteiger partial charge >= 0.3 is 7.12 Å². The van der Waals surface area contributed by atoms with E-state index in [0.717, 1.165) is 12.1 Å². The number of nitrogens with zero attached hydrogens (tertiary/aromatic N) is 2. The van der Waals surface area contributed by atoms with Crippen molar-refractivity contribution in [3.05, 3.63) is 35.2 Å². The standard InChI is InChI=1S/C10H6BFN2O2/c12-10-3-1-2-9(11(15)16)8(10)4-7(5-13)6-14/h1-4,15-16H. The predicted octanol–water partition coefficient (Wildman–Crippen LogP) is -0.0639. The van der Waals surface area contributed by atoms with Crippen LogP contribution in [0, 0.1) is 28.5 Å². The Bertz CT molecular complexity index is 499. The first-order valence-corrected chi connectivity index (χ1v) is 4.26. The van der Waals surface area contributed by atoms with Crippen molar-refractivity contribution in [1.82, 2.24) is 0 Å². The second-order valence-electron chi connectivity index (χ2n) is 2.90. The average molecular weight is 216 g/mol. The molecule has 0 saturated carbocycles. The van der Waals surface area contributed by atoms with Gasteiger partial charge in [-0.3, -0.25) is 0 Å². The largest absolute Gasteiger partial charge is 0.489 e. The van der Waals surface area contributed by atoms with E-state index in [-0.39, 0.29) is 16.6 Å². The second kappa shape index (κ2) is 5.08. The van der Waals surface area contributed by atoms with Crippen LogP contribution in [-0.4, -0.2) is 17.2 Å². The van der Waals surface area contributed by atoms with Gasteiger partial charge in [0.05, 0.1) is 0 Å². The number of rotatable bonds is 2. The molecule has 0 spiro atoms. The summed E-state index contributed by atoms with van der Waals surface area (Å²) in [7, 11) is -1.86. The molecule has 0 aromatic heterocycles. The molecule has 0 bridgehead atoms. The van der Waals surface area contributed by atoms with E-state index >= 15 is 0 Å². The average Bonchev–Trinajstić information content (AvgIpc) is 2.27. The van der Waals surface area contributed by atoms with E-state index < -0.39 is 12.9 Å². The van der Waals surface area contributed by atoms with Gasteiger partial charge in [0, 0.05) is 5.56 Å². The zero-order chi connectivity index (χ0) is 12.1. The Kier molecular flexibility index (Phi) is 3.79. The molecular formula is C10H6BFN2O2. The Morgan fingerprint density at radius 2 is 1.94 bits per heavy atom. The van der Waals surface area contributed by atoms with Gasteiger partial charge in [0.15, 0.2) is 0 Å². The van der Waals surface area contributed by atoms with Crippen molar-refractivity contribution < 1.29 is 14.4 Å². The Labute approximate surface area is 91.6 Å². The molecule has 0 amide bonds.